The second kappa shape index (κ2) is 5.64. The van der Waals surface area contributed by atoms with Crippen molar-refractivity contribution in [2.75, 3.05) is 20.1 Å². The third kappa shape index (κ3) is 4.36. The van der Waals surface area contributed by atoms with Gasteiger partial charge in [-0.2, -0.15) is 0 Å². The zero-order valence-electron chi connectivity index (χ0n) is 9.98. The summed E-state index contributed by atoms with van der Waals surface area (Å²) in [7, 11) is 1.75. The summed E-state index contributed by atoms with van der Waals surface area (Å²) >= 11 is 0. The van der Waals surface area contributed by atoms with Crippen molar-refractivity contribution in [2.24, 2.45) is 11.8 Å². The van der Waals surface area contributed by atoms with Crippen molar-refractivity contribution in [1.29, 1.82) is 0 Å². The molecular formula is C11H23F2N. The normalized spacial score (nSPS) is 15.2. The minimum Gasteiger partial charge on any atom is -0.301 e. The molecule has 3 heteroatoms. The SMILES string of the molecule is CCCN(C)CC(F)(F)C(C)C(C)C. The number of rotatable bonds is 6. The van der Waals surface area contributed by atoms with Crippen LogP contribution in [-0.4, -0.2) is 31.0 Å². The Hall–Kier alpha value is -0.180. The van der Waals surface area contributed by atoms with Crippen LogP contribution in [0.25, 0.3) is 0 Å². The van der Waals surface area contributed by atoms with Crippen molar-refractivity contribution in [1.82, 2.24) is 4.90 Å². The van der Waals surface area contributed by atoms with Crippen LogP contribution in [-0.2, 0) is 0 Å². The fourth-order valence-electron chi connectivity index (χ4n) is 1.45. The van der Waals surface area contributed by atoms with Crippen LogP contribution in [0.5, 0.6) is 0 Å². The molecule has 0 aromatic rings. The van der Waals surface area contributed by atoms with Crippen LogP contribution in [0.4, 0.5) is 8.78 Å². The molecular weight excluding hydrogens is 184 g/mol. The first-order valence-electron chi connectivity index (χ1n) is 5.37. The highest BCUT2D eigenvalue weighted by molar-refractivity contribution is 4.78. The summed E-state index contributed by atoms with van der Waals surface area (Å²) in [6, 6.07) is 0. The molecule has 0 heterocycles. The number of hydrogen-bond donors (Lipinski definition) is 0. The van der Waals surface area contributed by atoms with Crippen molar-refractivity contribution < 1.29 is 8.78 Å². The molecule has 0 aliphatic heterocycles. The van der Waals surface area contributed by atoms with Crippen LogP contribution in [0.15, 0.2) is 0 Å². The number of halogens is 2. The van der Waals surface area contributed by atoms with E-state index in [-0.39, 0.29) is 12.5 Å². The van der Waals surface area contributed by atoms with Crippen molar-refractivity contribution in [2.45, 2.75) is 40.0 Å². The molecule has 0 rings (SSSR count). The molecule has 0 aromatic heterocycles. The monoisotopic (exact) mass is 207 g/mol. The lowest BCUT2D eigenvalue weighted by Gasteiger charge is -2.30. The Bertz CT molecular complexity index is 157. The van der Waals surface area contributed by atoms with E-state index in [0.29, 0.717) is 0 Å². The van der Waals surface area contributed by atoms with E-state index >= 15 is 0 Å². The molecule has 0 N–H and O–H groups in total. The van der Waals surface area contributed by atoms with E-state index in [1.54, 1.807) is 18.9 Å². The smallest absolute Gasteiger partial charge is 0.263 e. The molecule has 86 valence electrons. The molecule has 0 spiro atoms. The topological polar surface area (TPSA) is 3.24 Å². The minimum absolute atomic E-state index is 0.0278. The van der Waals surface area contributed by atoms with Gasteiger partial charge >= 0.3 is 0 Å². The van der Waals surface area contributed by atoms with Gasteiger partial charge < -0.3 is 4.90 Å². The lowest BCUT2D eigenvalue weighted by molar-refractivity contribution is -0.0861. The first-order valence-corrected chi connectivity index (χ1v) is 5.37. The Balaban J connectivity index is 4.17. The van der Waals surface area contributed by atoms with E-state index in [0.717, 1.165) is 13.0 Å². The highest BCUT2D eigenvalue weighted by atomic mass is 19.3. The van der Waals surface area contributed by atoms with E-state index in [1.165, 1.54) is 0 Å². The fraction of sp³-hybridized carbons (Fsp3) is 1.00. The summed E-state index contributed by atoms with van der Waals surface area (Å²) in [5.41, 5.74) is 0. The maximum absolute atomic E-state index is 13.6. The Labute approximate surface area is 86.5 Å². The minimum atomic E-state index is -2.57. The predicted octanol–water partition coefficient (Wildman–Crippen LogP) is 3.26. The van der Waals surface area contributed by atoms with Gasteiger partial charge in [-0.05, 0) is 25.9 Å². The maximum Gasteiger partial charge on any atom is 0.263 e. The molecule has 0 bridgehead atoms. The summed E-state index contributed by atoms with van der Waals surface area (Å²) < 4.78 is 27.2. The Morgan fingerprint density at radius 2 is 1.71 bits per heavy atom. The zero-order chi connectivity index (χ0) is 11.4. The van der Waals surface area contributed by atoms with Crippen molar-refractivity contribution in [3.8, 4) is 0 Å². The molecule has 0 saturated carbocycles. The molecule has 0 radical (unpaired) electrons. The summed E-state index contributed by atoms with van der Waals surface area (Å²) in [5, 5.41) is 0. The van der Waals surface area contributed by atoms with Gasteiger partial charge in [-0.1, -0.05) is 27.7 Å². The van der Waals surface area contributed by atoms with Gasteiger partial charge in [0.15, 0.2) is 0 Å². The van der Waals surface area contributed by atoms with Crippen LogP contribution >= 0.6 is 0 Å². The lowest BCUT2D eigenvalue weighted by Crippen LogP contribution is -2.41. The van der Waals surface area contributed by atoms with Gasteiger partial charge in [-0.3, -0.25) is 0 Å². The molecule has 0 amide bonds. The first-order chi connectivity index (χ1) is 6.31. The maximum atomic E-state index is 13.6. The number of alkyl halides is 2. The van der Waals surface area contributed by atoms with E-state index in [2.05, 4.69) is 0 Å². The average molecular weight is 207 g/mol. The summed E-state index contributed by atoms with van der Waals surface area (Å²) in [6.07, 6.45) is 0.919. The largest absolute Gasteiger partial charge is 0.301 e. The second-order valence-electron chi connectivity index (χ2n) is 4.53. The van der Waals surface area contributed by atoms with Gasteiger partial charge in [0.2, 0.25) is 0 Å². The molecule has 0 aliphatic carbocycles. The number of nitrogens with zero attached hydrogens (tertiary/aromatic N) is 1. The molecule has 1 nitrogen and oxygen atoms in total. The quantitative estimate of drug-likeness (QED) is 0.646. The van der Waals surface area contributed by atoms with E-state index < -0.39 is 11.8 Å². The summed E-state index contributed by atoms with van der Waals surface area (Å²) in [6.45, 7) is 7.93. The predicted molar refractivity (Wildman–Crippen MR) is 56.7 cm³/mol. The Morgan fingerprint density at radius 1 is 1.21 bits per heavy atom. The van der Waals surface area contributed by atoms with E-state index in [9.17, 15) is 8.78 Å². The molecule has 1 atom stereocenters. The summed E-state index contributed by atoms with van der Waals surface area (Å²) in [5.74, 6) is -3.10. The van der Waals surface area contributed by atoms with Crippen molar-refractivity contribution in [3.63, 3.8) is 0 Å². The second-order valence-corrected chi connectivity index (χ2v) is 4.53. The Morgan fingerprint density at radius 3 is 2.07 bits per heavy atom. The van der Waals surface area contributed by atoms with Gasteiger partial charge in [-0.15, -0.1) is 0 Å². The average Bonchev–Trinajstić information content (AvgIpc) is 2.02. The van der Waals surface area contributed by atoms with Gasteiger partial charge in [-0.25, -0.2) is 8.78 Å². The zero-order valence-corrected chi connectivity index (χ0v) is 9.98. The summed E-state index contributed by atoms with van der Waals surface area (Å²) in [4.78, 5) is 1.71. The van der Waals surface area contributed by atoms with Crippen LogP contribution in [0, 0.1) is 11.8 Å². The highest BCUT2D eigenvalue weighted by Gasteiger charge is 2.38. The molecule has 0 aliphatic rings. The van der Waals surface area contributed by atoms with Crippen LogP contribution in [0.3, 0.4) is 0 Å². The third-order valence-electron chi connectivity index (χ3n) is 2.75. The van der Waals surface area contributed by atoms with Gasteiger partial charge in [0, 0.05) is 5.92 Å². The standard InChI is InChI=1S/C11H23F2N/c1-6-7-14(5)8-11(12,13)10(4)9(2)3/h9-10H,6-8H2,1-5H3. The van der Waals surface area contributed by atoms with Gasteiger partial charge in [0.05, 0.1) is 6.54 Å². The fourth-order valence-corrected chi connectivity index (χ4v) is 1.45. The van der Waals surface area contributed by atoms with Crippen LogP contribution in [0.1, 0.15) is 34.1 Å². The molecule has 1 unspecified atom stereocenters. The molecule has 0 saturated heterocycles. The van der Waals surface area contributed by atoms with Gasteiger partial charge in [0.25, 0.3) is 5.92 Å². The molecule has 0 fully saturated rings. The van der Waals surface area contributed by atoms with Crippen LogP contribution in [0.2, 0.25) is 0 Å². The first kappa shape index (κ1) is 13.8. The van der Waals surface area contributed by atoms with Crippen LogP contribution < -0.4 is 0 Å². The number of hydrogen-bond acceptors (Lipinski definition) is 1. The van der Waals surface area contributed by atoms with E-state index in [4.69, 9.17) is 0 Å². The van der Waals surface area contributed by atoms with E-state index in [1.807, 2.05) is 20.8 Å². The third-order valence-corrected chi connectivity index (χ3v) is 2.75. The molecule has 14 heavy (non-hydrogen) atoms. The lowest BCUT2D eigenvalue weighted by atomic mass is 9.91. The highest BCUT2D eigenvalue weighted by Crippen LogP contribution is 2.30. The van der Waals surface area contributed by atoms with Crippen molar-refractivity contribution >= 4 is 0 Å². The molecule has 0 aromatic carbocycles. The van der Waals surface area contributed by atoms with Gasteiger partial charge in [0.1, 0.15) is 0 Å². The Kier molecular flexibility index (Phi) is 5.57. The van der Waals surface area contributed by atoms with Crippen molar-refractivity contribution in [3.05, 3.63) is 0 Å².